The molecule has 0 radical (unpaired) electrons. The zero-order chi connectivity index (χ0) is 37.5. The first-order valence-corrected chi connectivity index (χ1v) is 17.7. The number of carbonyl (C=O) groups excluding carboxylic acids is 3. The number of ether oxygens (including phenoxy) is 1. The van der Waals surface area contributed by atoms with E-state index in [0.717, 1.165) is 35.3 Å². The summed E-state index contributed by atoms with van der Waals surface area (Å²) in [5.41, 5.74) is 9.87. The maximum absolute atomic E-state index is 13.1. The molecule has 1 heterocycles. The van der Waals surface area contributed by atoms with Crippen LogP contribution in [0.25, 0.3) is 0 Å². The third kappa shape index (κ3) is 10.5. The van der Waals surface area contributed by atoms with Crippen molar-refractivity contribution in [2.24, 2.45) is 17.3 Å². The quantitative estimate of drug-likeness (QED) is 0.107. The SMILES string of the molecule is CC(C)=C[C@@H]1[C@@H](C(=O)OCc2coc(Cc3ccccc3)c2)C1(C)C.CCc1ccc(C(=O)NN(C(=O)c2cc(C)cc(C)c2)C(C)(C)C)cc1. The summed E-state index contributed by atoms with van der Waals surface area (Å²) in [6.07, 6.45) is 5.52. The van der Waals surface area contributed by atoms with Crippen LogP contribution in [0.15, 0.2) is 101 Å². The topological polar surface area (TPSA) is 88.8 Å². The average Bonchev–Trinajstić information content (AvgIpc) is 3.35. The summed E-state index contributed by atoms with van der Waals surface area (Å²) in [5.74, 6) is 0.494. The van der Waals surface area contributed by atoms with Crippen LogP contribution in [-0.4, -0.2) is 28.3 Å². The second-order valence-corrected chi connectivity index (χ2v) is 15.4. The van der Waals surface area contributed by atoms with E-state index < -0.39 is 5.54 Å². The normalized spacial score (nSPS) is 15.9. The third-order valence-electron chi connectivity index (χ3n) is 9.17. The van der Waals surface area contributed by atoms with Crippen LogP contribution in [-0.2, 0) is 29.0 Å². The van der Waals surface area contributed by atoms with Crippen molar-refractivity contribution in [1.29, 1.82) is 0 Å². The molecule has 0 unspecified atom stereocenters. The van der Waals surface area contributed by atoms with E-state index in [1.165, 1.54) is 21.7 Å². The Morgan fingerprint density at radius 3 is 2.06 bits per heavy atom. The number of carbonyl (C=O) groups is 3. The van der Waals surface area contributed by atoms with Gasteiger partial charge in [0.25, 0.3) is 11.8 Å². The Bertz CT molecular complexity index is 1820. The van der Waals surface area contributed by atoms with Crippen molar-refractivity contribution in [2.75, 3.05) is 0 Å². The first-order chi connectivity index (χ1) is 24.0. The minimum atomic E-state index is -0.562. The van der Waals surface area contributed by atoms with Crippen LogP contribution in [0.1, 0.15) is 110 Å². The molecule has 1 aliphatic rings. The monoisotopic (exact) mass is 690 g/mol. The molecule has 7 heteroatoms. The molecule has 270 valence electrons. The fraction of sp³-hybridized carbons (Fsp3) is 0.386. The van der Waals surface area contributed by atoms with Gasteiger partial charge in [0.2, 0.25) is 0 Å². The lowest BCUT2D eigenvalue weighted by atomic mass is 10.0. The molecule has 0 aliphatic heterocycles. The van der Waals surface area contributed by atoms with E-state index in [1.54, 1.807) is 18.4 Å². The fourth-order valence-electron chi connectivity index (χ4n) is 6.24. The molecule has 1 saturated carbocycles. The van der Waals surface area contributed by atoms with Gasteiger partial charge in [0.05, 0.1) is 17.7 Å². The van der Waals surface area contributed by atoms with Gasteiger partial charge in [0.1, 0.15) is 12.4 Å². The van der Waals surface area contributed by atoms with E-state index >= 15 is 0 Å². The van der Waals surface area contributed by atoms with Crippen molar-refractivity contribution in [2.45, 2.75) is 94.2 Å². The molecule has 4 aromatic rings. The van der Waals surface area contributed by atoms with E-state index in [1.807, 2.05) is 89.2 Å². The van der Waals surface area contributed by atoms with Crippen LogP contribution in [0, 0.1) is 31.1 Å². The zero-order valence-corrected chi connectivity index (χ0v) is 31.9. The number of rotatable bonds is 9. The van der Waals surface area contributed by atoms with Crippen LogP contribution in [0.2, 0.25) is 0 Å². The van der Waals surface area contributed by atoms with E-state index in [0.29, 0.717) is 11.1 Å². The highest BCUT2D eigenvalue weighted by molar-refractivity contribution is 5.99. The van der Waals surface area contributed by atoms with E-state index in [2.05, 4.69) is 58.3 Å². The Balaban J connectivity index is 0.000000229. The summed E-state index contributed by atoms with van der Waals surface area (Å²) in [7, 11) is 0. The van der Waals surface area contributed by atoms with Crippen molar-refractivity contribution >= 4 is 17.8 Å². The van der Waals surface area contributed by atoms with Gasteiger partial charge in [-0.2, -0.15) is 0 Å². The van der Waals surface area contributed by atoms with Crippen molar-refractivity contribution in [3.05, 3.63) is 141 Å². The highest BCUT2D eigenvalue weighted by Gasteiger charge is 2.61. The van der Waals surface area contributed by atoms with Gasteiger partial charge in [0.15, 0.2) is 0 Å². The standard InChI is InChI=1S/C22H28N2O2.C22H26O3/c1-7-17-8-10-18(11-9-17)20(25)23-24(22(4,5)6)21(26)19-13-15(2)12-16(3)14-19;1-15(2)10-19-20(22(19,3)4)21(23)25-14-17-12-18(24-13-17)11-16-8-6-5-7-9-16/h8-14H,7H2,1-6H3,(H,23,25);5-10,12-13,19-20H,11,14H2,1-4H3/t;19-,20+/m.1/s1. The summed E-state index contributed by atoms with van der Waals surface area (Å²) < 4.78 is 11.1. The lowest BCUT2D eigenvalue weighted by Crippen LogP contribution is -2.55. The summed E-state index contributed by atoms with van der Waals surface area (Å²) in [6.45, 7) is 20.3. The summed E-state index contributed by atoms with van der Waals surface area (Å²) >= 11 is 0. The average molecular weight is 691 g/mol. The van der Waals surface area contributed by atoms with Crippen molar-refractivity contribution < 1.29 is 23.5 Å². The number of esters is 1. The molecule has 2 amide bonds. The maximum Gasteiger partial charge on any atom is 0.310 e. The number of hydrazine groups is 1. The molecule has 1 aliphatic carbocycles. The summed E-state index contributed by atoms with van der Waals surface area (Å²) in [5, 5.41) is 1.41. The molecular formula is C44H54N2O5. The second-order valence-electron chi connectivity index (χ2n) is 15.4. The Kier molecular flexibility index (Phi) is 12.5. The lowest BCUT2D eigenvalue weighted by Gasteiger charge is -2.35. The molecule has 2 atom stereocenters. The predicted molar refractivity (Wildman–Crippen MR) is 203 cm³/mol. The van der Waals surface area contributed by atoms with Gasteiger partial charge >= 0.3 is 5.97 Å². The smallest absolute Gasteiger partial charge is 0.310 e. The lowest BCUT2D eigenvalue weighted by molar-refractivity contribution is -0.147. The Morgan fingerprint density at radius 2 is 1.49 bits per heavy atom. The number of nitrogens with one attached hydrogen (secondary N) is 1. The van der Waals surface area contributed by atoms with Crippen molar-refractivity contribution in [3.63, 3.8) is 0 Å². The van der Waals surface area contributed by atoms with Gasteiger partial charge in [-0.25, -0.2) is 5.01 Å². The third-order valence-corrected chi connectivity index (χ3v) is 9.17. The number of hydrogen-bond acceptors (Lipinski definition) is 5. The number of hydrogen-bond donors (Lipinski definition) is 1. The number of allylic oxidation sites excluding steroid dienone is 2. The van der Waals surface area contributed by atoms with Gasteiger partial charge in [0, 0.05) is 23.1 Å². The number of benzene rings is 3. The van der Waals surface area contributed by atoms with Crippen LogP contribution in [0.5, 0.6) is 0 Å². The molecule has 0 bridgehead atoms. The van der Waals surface area contributed by atoms with Crippen LogP contribution < -0.4 is 5.43 Å². The van der Waals surface area contributed by atoms with Gasteiger partial charge in [-0.05, 0) is 108 Å². The van der Waals surface area contributed by atoms with Gasteiger partial charge in [-0.15, -0.1) is 0 Å². The largest absolute Gasteiger partial charge is 0.469 e. The van der Waals surface area contributed by atoms with Crippen LogP contribution >= 0.6 is 0 Å². The first kappa shape index (κ1) is 38.9. The molecule has 1 aromatic heterocycles. The minimum Gasteiger partial charge on any atom is -0.469 e. The molecule has 1 fully saturated rings. The Labute approximate surface area is 304 Å². The van der Waals surface area contributed by atoms with Crippen LogP contribution in [0.4, 0.5) is 0 Å². The molecule has 5 rings (SSSR count). The van der Waals surface area contributed by atoms with Crippen molar-refractivity contribution in [1.82, 2.24) is 10.4 Å². The zero-order valence-electron chi connectivity index (χ0n) is 31.9. The number of furan rings is 1. The molecule has 0 saturated heterocycles. The first-order valence-electron chi connectivity index (χ1n) is 17.7. The molecule has 0 spiro atoms. The van der Waals surface area contributed by atoms with E-state index in [9.17, 15) is 14.4 Å². The Morgan fingerprint density at radius 1 is 0.863 bits per heavy atom. The Hall–Kier alpha value is -4.91. The molecule has 51 heavy (non-hydrogen) atoms. The van der Waals surface area contributed by atoms with E-state index in [4.69, 9.17) is 9.15 Å². The van der Waals surface area contributed by atoms with Crippen molar-refractivity contribution in [3.8, 4) is 0 Å². The van der Waals surface area contributed by atoms with Gasteiger partial charge in [-0.1, -0.05) is 92.1 Å². The number of amides is 2. The highest BCUT2D eigenvalue weighted by atomic mass is 16.5. The molecule has 7 nitrogen and oxygen atoms in total. The van der Waals surface area contributed by atoms with Crippen LogP contribution in [0.3, 0.4) is 0 Å². The molecule has 1 N–H and O–H groups in total. The fourth-order valence-corrected chi connectivity index (χ4v) is 6.24. The molecular weight excluding hydrogens is 636 g/mol. The minimum absolute atomic E-state index is 0.0107. The maximum atomic E-state index is 13.1. The van der Waals surface area contributed by atoms with Gasteiger partial charge < -0.3 is 9.15 Å². The molecule has 3 aromatic carbocycles. The highest BCUT2D eigenvalue weighted by Crippen LogP contribution is 2.59. The summed E-state index contributed by atoms with van der Waals surface area (Å²) in [4.78, 5) is 38.1. The van der Waals surface area contributed by atoms with E-state index in [-0.39, 0.29) is 41.6 Å². The predicted octanol–water partition coefficient (Wildman–Crippen LogP) is 9.60. The number of aryl methyl sites for hydroxylation is 3. The van der Waals surface area contributed by atoms with Gasteiger partial charge in [-0.3, -0.25) is 19.8 Å². The summed E-state index contributed by atoms with van der Waals surface area (Å²) in [6, 6.07) is 25.3. The number of nitrogens with zero attached hydrogens (tertiary/aromatic N) is 1. The second kappa shape index (κ2) is 16.4.